The van der Waals surface area contributed by atoms with Crippen LogP contribution >= 0.6 is 0 Å². The quantitative estimate of drug-likeness (QED) is 0.802. The molecule has 1 aromatic carbocycles. The maximum absolute atomic E-state index is 11.6. The smallest absolute Gasteiger partial charge is 0.331 e. The molecule has 0 spiro atoms. The van der Waals surface area contributed by atoms with Crippen molar-refractivity contribution in [2.45, 2.75) is 18.7 Å². The molecule has 16 heavy (non-hydrogen) atoms. The topological polar surface area (TPSA) is 80.7 Å². The Kier molecular flexibility index (Phi) is 3.66. The van der Waals surface area contributed by atoms with Crippen molar-refractivity contribution < 1.29 is 22.5 Å². The van der Waals surface area contributed by atoms with Gasteiger partial charge in [-0.15, -0.1) is 0 Å². The third kappa shape index (κ3) is 3.04. The molecular weight excluding hydrogens is 232 g/mol. The zero-order chi connectivity index (χ0) is 12.3. The van der Waals surface area contributed by atoms with Gasteiger partial charge in [-0.3, -0.25) is 4.18 Å². The van der Waals surface area contributed by atoms with E-state index in [0.717, 1.165) is 5.56 Å². The van der Waals surface area contributed by atoms with E-state index in [9.17, 15) is 13.2 Å². The third-order valence-electron chi connectivity index (χ3n) is 1.94. The van der Waals surface area contributed by atoms with Crippen LogP contribution in [-0.4, -0.2) is 26.1 Å². The van der Waals surface area contributed by atoms with E-state index in [-0.39, 0.29) is 4.90 Å². The van der Waals surface area contributed by atoms with Crippen molar-refractivity contribution in [3.05, 3.63) is 29.3 Å². The molecule has 0 aromatic heterocycles. The first-order chi connectivity index (χ1) is 7.33. The Morgan fingerprint density at radius 2 is 2.00 bits per heavy atom. The predicted octanol–water partition coefficient (Wildman–Crippen LogP) is 1.09. The summed E-state index contributed by atoms with van der Waals surface area (Å²) in [4.78, 5) is 10.2. The van der Waals surface area contributed by atoms with E-state index in [1.165, 1.54) is 6.07 Å². The second-order valence-electron chi connectivity index (χ2n) is 3.38. The molecule has 0 saturated heterocycles. The first-order valence-corrected chi connectivity index (χ1v) is 5.92. The average Bonchev–Trinajstić information content (AvgIpc) is 2.14. The zero-order valence-corrected chi connectivity index (χ0v) is 9.74. The molecule has 1 aromatic rings. The highest BCUT2D eigenvalue weighted by molar-refractivity contribution is 7.86. The van der Waals surface area contributed by atoms with Crippen LogP contribution < -0.4 is 0 Å². The van der Waals surface area contributed by atoms with Gasteiger partial charge in [0, 0.05) is 0 Å². The molecule has 0 atom stereocenters. The normalized spacial score (nSPS) is 11.4. The molecule has 0 unspecified atom stereocenters. The number of carbonyl (C=O) groups is 1. The number of hydrogen-bond acceptors (Lipinski definition) is 4. The molecule has 0 aliphatic heterocycles. The van der Waals surface area contributed by atoms with E-state index in [4.69, 9.17) is 5.11 Å². The Labute approximate surface area is 93.8 Å². The minimum atomic E-state index is -3.98. The minimum Gasteiger partial charge on any atom is -0.479 e. The van der Waals surface area contributed by atoms with Gasteiger partial charge in [0.1, 0.15) is 0 Å². The van der Waals surface area contributed by atoms with Crippen LogP contribution in [0.5, 0.6) is 0 Å². The highest BCUT2D eigenvalue weighted by atomic mass is 32.2. The summed E-state index contributed by atoms with van der Waals surface area (Å²) in [5.41, 5.74) is 1.46. The lowest BCUT2D eigenvalue weighted by Crippen LogP contribution is -2.14. The fourth-order valence-corrected chi connectivity index (χ4v) is 2.34. The number of carboxylic acids is 1. The fourth-order valence-electron chi connectivity index (χ4n) is 1.27. The number of hydrogen-bond donors (Lipinski definition) is 1. The molecule has 6 heteroatoms. The summed E-state index contributed by atoms with van der Waals surface area (Å²) in [7, 11) is -3.98. The van der Waals surface area contributed by atoms with Gasteiger partial charge in [-0.1, -0.05) is 17.7 Å². The summed E-state index contributed by atoms with van der Waals surface area (Å²) >= 11 is 0. The molecule has 0 aliphatic rings. The molecule has 0 radical (unpaired) electrons. The van der Waals surface area contributed by atoms with E-state index in [2.05, 4.69) is 4.18 Å². The number of aliphatic carboxylic acids is 1. The predicted molar refractivity (Wildman–Crippen MR) is 56.7 cm³/mol. The molecule has 5 nitrogen and oxygen atoms in total. The number of benzene rings is 1. The van der Waals surface area contributed by atoms with Gasteiger partial charge in [-0.2, -0.15) is 8.42 Å². The Balaban J connectivity index is 3.03. The monoisotopic (exact) mass is 244 g/mol. The van der Waals surface area contributed by atoms with Crippen LogP contribution in [-0.2, 0) is 19.1 Å². The van der Waals surface area contributed by atoms with Crippen molar-refractivity contribution in [3.63, 3.8) is 0 Å². The lowest BCUT2D eigenvalue weighted by atomic mass is 10.2. The lowest BCUT2D eigenvalue weighted by Gasteiger charge is -2.07. The van der Waals surface area contributed by atoms with Crippen LogP contribution in [0.25, 0.3) is 0 Å². The van der Waals surface area contributed by atoms with E-state index in [1.54, 1.807) is 19.1 Å². The summed E-state index contributed by atoms with van der Waals surface area (Å²) in [6, 6.07) is 4.73. The Hall–Kier alpha value is -1.40. The Bertz CT molecular complexity index is 504. The lowest BCUT2D eigenvalue weighted by molar-refractivity contribution is -0.139. The highest BCUT2D eigenvalue weighted by Gasteiger charge is 2.18. The molecular formula is C10H12O5S. The van der Waals surface area contributed by atoms with Gasteiger partial charge in [-0.25, -0.2) is 4.79 Å². The number of rotatable bonds is 4. The van der Waals surface area contributed by atoms with E-state index < -0.39 is 22.7 Å². The van der Waals surface area contributed by atoms with Crippen molar-refractivity contribution in [3.8, 4) is 0 Å². The van der Waals surface area contributed by atoms with Crippen LogP contribution in [0.15, 0.2) is 23.1 Å². The van der Waals surface area contributed by atoms with Crippen LogP contribution in [0.3, 0.4) is 0 Å². The van der Waals surface area contributed by atoms with Gasteiger partial charge in [0.15, 0.2) is 6.61 Å². The van der Waals surface area contributed by atoms with Gasteiger partial charge in [0.25, 0.3) is 10.1 Å². The molecule has 0 amide bonds. The molecule has 0 heterocycles. The second-order valence-corrected chi connectivity index (χ2v) is 4.96. The molecule has 1 N–H and O–H groups in total. The van der Waals surface area contributed by atoms with Crippen molar-refractivity contribution in [1.82, 2.24) is 0 Å². The summed E-state index contributed by atoms with van der Waals surface area (Å²) in [6.45, 7) is 2.60. The molecule has 0 aliphatic carbocycles. The van der Waals surface area contributed by atoms with Crippen molar-refractivity contribution in [2.75, 3.05) is 6.61 Å². The summed E-state index contributed by atoms with van der Waals surface area (Å²) in [5, 5.41) is 8.35. The van der Waals surface area contributed by atoms with E-state index >= 15 is 0 Å². The number of carboxylic acid groups (broad SMARTS) is 1. The van der Waals surface area contributed by atoms with Crippen molar-refractivity contribution >= 4 is 16.1 Å². The standard InChI is InChI=1S/C10H12O5S/c1-7-3-4-9(8(2)5-7)16(13,14)15-6-10(11)12/h3-5H,6H2,1-2H3,(H,11,12). The molecule has 0 bridgehead atoms. The van der Waals surface area contributed by atoms with Crippen molar-refractivity contribution in [1.29, 1.82) is 0 Å². The van der Waals surface area contributed by atoms with Crippen LogP contribution in [0.2, 0.25) is 0 Å². The van der Waals surface area contributed by atoms with Crippen molar-refractivity contribution in [2.24, 2.45) is 0 Å². The third-order valence-corrected chi connectivity index (χ3v) is 3.36. The fraction of sp³-hybridized carbons (Fsp3) is 0.300. The molecule has 0 fully saturated rings. The summed E-state index contributed by atoms with van der Waals surface area (Å²) in [6.07, 6.45) is 0. The minimum absolute atomic E-state index is 0.000602. The second kappa shape index (κ2) is 4.63. The van der Waals surface area contributed by atoms with Gasteiger partial charge < -0.3 is 5.11 Å². The molecule has 0 saturated carbocycles. The average molecular weight is 244 g/mol. The first-order valence-electron chi connectivity index (χ1n) is 4.51. The van der Waals surface area contributed by atoms with Crippen LogP contribution in [0, 0.1) is 13.8 Å². The van der Waals surface area contributed by atoms with Gasteiger partial charge in [0.05, 0.1) is 4.90 Å². The SMILES string of the molecule is Cc1ccc(S(=O)(=O)OCC(=O)O)c(C)c1. The van der Waals surface area contributed by atoms with Gasteiger partial charge in [0.2, 0.25) is 0 Å². The summed E-state index contributed by atoms with van der Waals surface area (Å²) in [5.74, 6) is -1.33. The maximum atomic E-state index is 11.6. The van der Waals surface area contributed by atoms with Crippen LogP contribution in [0.1, 0.15) is 11.1 Å². The maximum Gasteiger partial charge on any atom is 0.331 e. The number of aryl methyl sites for hydroxylation is 2. The molecule has 88 valence electrons. The van der Waals surface area contributed by atoms with Crippen LogP contribution in [0.4, 0.5) is 0 Å². The van der Waals surface area contributed by atoms with Gasteiger partial charge >= 0.3 is 5.97 Å². The highest BCUT2D eigenvalue weighted by Crippen LogP contribution is 2.18. The van der Waals surface area contributed by atoms with Gasteiger partial charge in [-0.05, 0) is 25.5 Å². The zero-order valence-electron chi connectivity index (χ0n) is 8.93. The molecule has 1 rings (SSSR count). The Morgan fingerprint density at radius 3 is 2.50 bits per heavy atom. The van der Waals surface area contributed by atoms with E-state index in [0.29, 0.717) is 5.56 Å². The summed E-state index contributed by atoms with van der Waals surface area (Å²) < 4.78 is 27.5. The first kappa shape index (κ1) is 12.7. The largest absolute Gasteiger partial charge is 0.479 e. The van der Waals surface area contributed by atoms with E-state index in [1.807, 2.05) is 6.92 Å². The Morgan fingerprint density at radius 1 is 1.38 bits per heavy atom.